The summed E-state index contributed by atoms with van der Waals surface area (Å²) in [4.78, 5) is 17.7. The zero-order valence-electron chi connectivity index (χ0n) is 5.72. The molecule has 0 rings (SSSR count). The number of halogens is 5. The zero-order chi connectivity index (χ0) is 10.2. The maximum atomic E-state index is 8.84. The van der Waals surface area contributed by atoms with Crippen LogP contribution in [0.3, 0.4) is 0 Å². The average molecular weight is 298 g/mol. The van der Waals surface area contributed by atoms with E-state index in [1.54, 1.807) is 0 Å². The van der Waals surface area contributed by atoms with E-state index in [9.17, 15) is 0 Å². The normalized spacial score (nSPS) is 19.8. The van der Waals surface area contributed by atoms with E-state index in [4.69, 9.17) is 67.1 Å². The molecule has 0 saturated carbocycles. The topological polar surface area (TPSA) is 49.7 Å². The minimum atomic E-state index is -5.10. The van der Waals surface area contributed by atoms with E-state index >= 15 is 0 Å². The fraction of sp³-hybridized carbons (Fsp3) is 1.00. The van der Waals surface area contributed by atoms with E-state index in [-0.39, 0.29) is 0 Å². The number of hydrogen-bond donors (Lipinski definition) is 2. The number of rotatable bonds is 2. The van der Waals surface area contributed by atoms with E-state index in [0.717, 1.165) is 0 Å². The van der Waals surface area contributed by atoms with Crippen molar-refractivity contribution >= 4 is 63.3 Å². The molecule has 12 heavy (non-hydrogen) atoms. The van der Waals surface area contributed by atoms with Crippen LogP contribution in [0.15, 0.2) is 0 Å². The zero-order valence-corrected chi connectivity index (χ0v) is 10.4. The van der Waals surface area contributed by atoms with Crippen molar-refractivity contribution in [1.29, 1.82) is 0 Å². The van der Waals surface area contributed by atoms with Crippen LogP contribution in [0.5, 0.6) is 0 Å². The molecule has 0 amide bonds. The van der Waals surface area contributed by atoms with Crippen molar-refractivity contribution in [3.05, 3.63) is 0 Å². The summed E-state index contributed by atoms with van der Waals surface area (Å²) < 4.78 is 2.55. The molecule has 0 radical (unpaired) electrons. The Kier molecular flexibility index (Phi) is 4.27. The van der Waals surface area contributed by atoms with Crippen LogP contribution in [0.4, 0.5) is 0 Å². The predicted molar refractivity (Wildman–Crippen MR) is 53.9 cm³/mol. The van der Waals surface area contributed by atoms with Crippen molar-refractivity contribution < 1.29 is 14.3 Å². The van der Waals surface area contributed by atoms with Gasteiger partial charge in [-0.15, -0.1) is 0 Å². The summed E-state index contributed by atoms with van der Waals surface area (Å²) in [6, 6.07) is 0. The Hall–Kier alpha value is 1.76. The molecule has 0 saturated heterocycles. The standard InChI is InChI=1S/C3H6Cl5O3P/c1-2(3(4,5)6)11-12(7,8,9)10/h2,9-10H,1H3. The molecule has 2 N–H and O–H groups in total. The average Bonchev–Trinajstić information content (AvgIpc) is 1.53. The van der Waals surface area contributed by atoms with Gasteiger partial charge in [-0.25, -0.2) is 0 Å². The summed E-state index contributed by atoms with van der Waals surface area (Å²) in [5.41, 5.74) is 0. The van der Waals surface area contributed by atoms with Gasteiger partial charge in [-0.2, -0.15) is 0 Å². The molecule has 0 aliphatic rings. The molecule has 0 aromatic heterocycles. The molecule has 76 valence electrons. The molecule has 0 fully saturated rings. The molecule has 3 nitrogen and oxygen atoms in total. The van der Waals surface area contributed by atoms with Crippen LogP contribution in [0, 0.1) is 0 Å². The molecular weight excluding hydrogens is 292 g/mol. The first-order chi connectivity index (χ1) is 4.88. The van der Waals surface area contributed by atoms with Gasteiger partial charge in [0.2, 0.25) is 0 Å². The summed E-state index contributed by atoms with van der Waals surface area (Å²) in [7, 11) is 0. The SMILES string of the molecule is CC(OP(O)(O)(Cl)Cl)C(Cl)(Cl)Cl. The van der Waals surface area contributed by atoms with E-state index < -0.39 is 15.9 Å². The second-order valence-corrected chi connectivity index (χ2v) is 10.3. The molecule has 0 aromatic rings. The van der Waals surface area contributed by atoms with Crippen LogP contribution in [-0.2, 0) is 4.52 Å². The molecular formula is C3H6Cl5O3P. The first-order valence-corrected chi connectivity index (χ1v) is 7.59. The molecule has 0 bridgehead atoms. The summed E-state index contributed by atoms with van der Waals surface area (Å²) in [6.07, 6.45) is -1.13. The van der Waals surface area contributed by atoms with Gasteiger partial charge in [-0.3, -0.25) is 0 Å². The Labute approximate surface area is 94.2 Å². The van der Waals surface area contributed by atoms with Crippen molar-refractivity contribution in [3.8, 4) is 0 Å². The Morgan fingerprint density at radius 2 is 1.58 bits per heavy atom. The second kappa shape index (κ2) is 3.73. The third-order valence-electron chi connectivity index (χ3n) is 0.793. The Morgan fingerprint density at radius 1 is 1.25 bits per heavy atom. The van der Waals surface area contributed by atoms with Crippen molar-refractivity contribution in [3.63, 3.8) is 0 Å². The first-order valence-electron chi connectivity index (χ1n) is 2.59. The van der Waals surface area contributed by atoms with Crippen LogP contribution in [0.25, 0.3) is 0 Å². The van der Waals surface area contributed by atoms with Crippen molar-refractivity contribution in [2.24, 2.45) is 0 Å². The quantitative estimate of drug-likeness (QED) is 0.607. The Morgan fingerprint density at radius 3 is 1.67 bits per heavy atom. The molecule has 0 aromatic carbocycles. The van der Waals surface area contributed by atoms with E-state index in [0.29, 0.717) is 0 Å². The van der Waals surface area contributed by atoms with Gasteiger partial charge in [0.25, 0.3) is 0 Å². The van der Waals surface area contributed by atoms with Crippen molar-refractivity contribution in [2.75, 3.05) is 0 Å². The summed E-state index contributed by atoms with van der Waals surface area (Å²) in [5.74, 6) is -5.10. The first kappa shape index (κ1) is 13.8. The molecule has 0 aliphatic heterocycles. The van der Waals surface area contributed by atoms with E-state index in [1.807, 2.05) is 0 Å². The van der Waals surface area contributed by atoms with Gasteiger partial charge in [0.05, 0.1) is 0 Å². The predicted octanol–water partition coefficient (Wildman–Crippen LogP) is 3.35. The maximum absolute atomic E-state index is 8.84. The van der Waals surface area contributed by atoms with Gasteiger partial charge in [0, 0.05) is 0 Å². The summed E-state index contributed by atoms with van der Waals surface area (Å²) in [5, 5.41) is 0. The number of alkyl halides is 3. The minimum absolute atomic E-state index is 1.13. The van der Waals surface area contributed by atoms with Gasteiger partial charge in [-0.05, 0) is 0 Å². The second-order valence-electron chi connectivity index (χ2n) is 2.05. The summed E-state index contributed by atoms with van der Waals surface area (Å²) in [6.45, 7) is 1.28. The molecule has 1 unspecified atom stereocenters. The van der Waals surface area contributed by atoms with Crippen LogP contribution >= 0.6 is 63.3 Å². The summed E-state index contributed by atoms with van der Waals surface area (Å²) >= 11 is 26.0. The molecule has 0 spiro atoms. The number of hydrogen-bond acceptors (Lipinski definition) is 3. The third-order valence-corrected chi connectivity index (χ3v) is 2.86. The molecule has 1 atom stereocenters. The van der Waals surface area contributed by atoms with Gasteiger partial charge >= 0.3 is 94.4 Å². The fourth-order valence-electron chi connectivity index (χ4n) is 0.321. The Balaban J connectivity index is 4.31. The van der Waals surface area contributed by atoms with Crippen LogP contribution in [0.1, 0.15) is 6.92 Å². The van der Waals surface area contributed by atoms with Crippen LogP contribution in [0.2, 0.25) is 0 Å². The molecule has 0 heterocycles. The van der Waals surface area contributed by atoms with Gasteiger partial charge in [0.15, 0.2) is 0 Å². The van der Waals surface area contributed by atoms with E-state index in [2.05, 4.69) is 4.52 Å². The van der Waals surface area contributed by atoms with Gasteiger partial charge in [-0.1, -0.05) is 0 Å². The van der Waals surface area contributed by atoms with Crippen molar-refractivity contribution in [1.82, 2.24) is 0 Å². The van der Waals surface area contributed by atoms with Crippen molar-refractivity contribution in [2.45, 2.75) is 16.8 Å². The van der Waals surface area contributed by atoms with Crippen LogP contribution < -0.4 is 0 Å². The Bertz CT molecular complexity index is 162. The van der Waals surface area contributed by atoms with Crippen LogP contribution in [-0.4, -0.2) is 19.7 Å². The van der Waals surface area contributed by atoms with Gasteiger partial charge < -0.3 is 0 Å². The third kappa shape index (κ3) is 7.19. The monoisotopic (exact) mass is 296 g/mol. The fourth-order valence-corrected chi connectivity index (χ4v) is 2.04. The molecule has 9 heteroatoms. The van der Waals surface area contributed by atoms with Gasteiger partial charge in [0.1, 0.15) is 0 Å². The molecule has 0 aliphatic carbocycles. The van der Waals surface area contributed by atoms with E-state index in [1.165, 1.54) is 6.92 Å².